The molecule has 15 nitrogen and oxygen atoms in total. The number of pyridine rings is 1. The van der Waals surface area contributed by atoms with Crippen LogP contribution in [0.4, 0.5) is 21.9 Å². The molecule has 5 amide bonds. The number of imide groups is 1. The van der Waals surface area contributed by atoms with Gasteiger partial charge in [0.05, 0.1) is 40.2 Å². The Morgan fingerprint density at radius 2 is 1.78 bits per heavy atom. The number of piperidine rings is 1. The number of likely N-dealkylation sites (tertiary alicyclic amines) is 1. The fourth-order valence-electron chi connectivity index (χ4n) is 8.61. The lowest BCUT2D eigenvalue weighted by atomic mass is 9.71. The third-order valence-electron chi connectivity index (χ3n) is 11.6. The summed E-state index contributed by atoms with van der Waals surface area (Å²) in [6.07, 6.45) is 8.16. The summed E-state index contributed by atoms with van der Waals surface area (Å²) in [4.78, 5) is 66.6. The van der Waals surface area contributed by atoms with Gasteiger partial charge in [0, 0.05) is 75.0 Å². The van der Waals surface area contributed by atoms with E-state index in [0.717, 1.165) is 67.2 Å². The molecule has 9 rings (SSSR count). The number of nitrogens with zero attached hydrogens (tertiary/aromatic N) is 7. The molecule has 1 atom stereocenters. The molecule has 55 heavy (non-hydrogen) atoms. The van der Waals surface area contributed by atoms with Crippen LogP contribution in [-0.4, -0.2) is 95.8 Å². The van der Waals surface area contributed by atoms with E-state index in [-0.39, 0.29) is 36.4 Å². The second kappa shape index (κ2) is 13.3. The number of carbonyl (C=O) groups is 4. The number of fused-ring (bicyclic) bond motifs is 2. The van der Waals surface area contributed by atoms with E-state index in [2.05, 4.69) is 67.3 Å². The number of benzene rings is 2. The molecule has 0 radical (unpaired) electrons. The van der Waals surface area contributed by atoms with Gasteiger partial charge in [-0.2, -0.15) is 0 Å². The maximum atomic E-state index is 13.4. The summed E-state index contributed by atoms with van der Waals surface area (Å²) < 4.78 is 1.66. The quantitative estimate of drug-likeness (QED) is 0.219. The zero-order valence-corrected chi connectivity index (χ0v) is 31.0. The van der Waals surface area contributed by atoms with Gasteiger partial charge in [-0.05, 0) is 67.3 Å². The first-order valence-corrected chi connectivity index (χ1v) is 18.8. The van der Waals surface area contributed by atoms with E-state index in [4.69, 9.17) is 22.3 Å². The minimum Gasteiger partial charge on any atom is -0.385 e. The van der Waals surface area contributed by atoms with Gasteiger partial charge in [0.2, 0.25) is 5.91 Å². The van der Waals surface area contributed by atoms with Crippen molar-refractivity contribution in [3.05, 3.63) is 94.7 Å². The molecule has 0 aliphatic carbocycles. The highest BCUT2D eigenvalue weighted by Gasteiger charge is 2.46. The third-order valence-corrected chi connectivity index (χ3v) is 11.9. The number of imidazole rings is 1. The molecule has 4 aromatic rings. The molecule has 3 fully saturated rings. The third kappa shape index (κ3) is 5.98. The highest BCUT2D eigenvalue weighted by atomic mass is 35.5. The van der Waals surface area contributed by atoms with Gasteiger partial charge in [-0.25, -0.2) is 14.5 Å². The first-order chi connectivity index (χ1) is 26.6. The number of anilines is 3. The van der Waals surface area contributed by atoms with Gasteiger partial charge < -0.3 is 25.8 Å². The van der Waals surface area contributed by atoms with Crippen molar-refractivity contribution < 1.29 is 19.2 Å². The smallest absolute Gasteiger partial charge is 0.328 e. The fourth-order valence-corrected chi connectivity index (χ4v) is 8.89. The number of rotatable bonds is 7. The summed E-state index contributed by atoms with van der Waals surface area (Å²) in [6.45, 7) is 4.18. The number of urea groups is 1. The fraction of sp³-hybridized carbons (Fsp3) is 0.333. The van der Waals surface area contributed by atoms with Crippen molar-refractivity contribution in [2.45, 2.75) is 31.8 Å². The number of carbonyl (C=O) groups excluding carboxylic acids is 4. The van der Waals surface area contributed by atoms with Crippen molar-refractivity contribution >= 4 is 58.1 Å². The predicted octanol–water partition coefficient (Wildman–Crippen LogP) is 3.39. The van der Waals surface area contributed by atoms with Crippen molar-refractivity contribution in [3.63, 3.8) is 0 Å². The van der Waals surface area contributed by atoms with Crippen LogP contribution in [0.2, 0.25) is 5.02 Å². The Hall–Kier alpha value is -6.09. The predicted molar refractivity (Wildman–Crippen MR) is 208 cm³/mol. The molecule has 16 heteroatoms. The van der Waals surface area contributed by atoms with Crippen LogP contribution in [0.1, 0.15) is 51.5 Å². The van der Waals surface area contributed by atoms with Gasteiger partial charge in [-0.1, -0.05) is 23.7 Å². The lowest BCUT2D eigenvalue weighted by Crippen LogP contribution is -2.61. The van der Waals surface area contributed by atoms with Gasteiger partial charge in [-0.15, -0.1) is 0 Å². The number of halogens is 1. The summed E-state index contributed by atoms with van der Waals surface area (Å²) in [5, 5.41) is 5.80. The Kier molecular flexibility index (Phi) is 8.41. The Balaban J connectivity index is 0.824. The van der Waals surface area contributed by atoms with Crippen LogP contribution in [0.3, 0.4) is 0 Å². The Labute approximate surface area is 322 Å². The highest BCUT2D eigenvalue weighted by Crippen LogP contribution is 2.44. The molecule has 2 aromatic carbocycles. The molecular formula is C39H40ClN11O4. The lowest BCUT2D eigenvalue weighted by Gasteiger charge is -2.55. The number of primary amides is 1. The van der Waals surface area contributed by atoms with E-state index in [1.54, 1.807) is 22.9 Å². The van der Waals surface area contributed by atoms with Crippen molar-refractivity contribution in [2.75, 3.05) is 66.4 Å². The Morgan fingerprint density at radius 3 is 2.49 bits per heavy atom. The maximum absolute atomic E-state index is 13.4. The van der Waals surface area contributed by atoms with Gasteiger partial charge >= 0.3 is 6.03 Å². The number of nitrogens with two attached hydrogens (primary N) is 1. The van der Waals surface area contributed by atoms with E-state index in [1.807, 2.05) is 18.1 Å². The summed E-state index contributed by atoms with van der Waals surface area (Å²) in [5.41, 5.74) is 16.7. The maximum Gasteiger partial charge on any atom is 0.328 e. The topological polar surface area (TPSA) is 174 Å². The monoisotopic (exact) mass is 761 g/mol. The van der Waals surface area contributed by atoms with Gasteiger partial charge in [-0.3, -0.25) is 35.0 Å². The SMILES string of the molecule is CNC1=CC(N2CCc3c(-c4ccc(N5CC6(CCN(C(=O)c7ccc(N8CCC(=O)NC8=O)c(Cl)c7)CC6)C5)cn4)cccc32)Nn2c(C(N)=O)cnc21. The van der Waals surface area contributed by atoms with E-state index >= 15 is 0 Å². The van der Waals surface area contributed by atoms with Crippen LogP contribution in [0, 0.1) is 5.41 Å². The zero-order valence-electron chi connectivity index (χ0n) is 30.2. The summed E-state index contributed by atoms with van der Waals surface area (Å²) in [7, 11) is 1.83. The van der Waals surface area contributed by atoms with E-state index in [9.17, 15) is 19.2 Å². The Morgan fingerprint density at radius 1 is 0.964 bits per heavy atom. The average molecular weight is 762 g/mol. The summed E-state index contributed by atoms with van der Waals surface area (Å²) in [6, 6.07) is 15.0. The van der Waals surface area contributed by atoms with Gasteiger partial charge in [0.15, 0.2) is 5.82 Å². The molecule has 5 aliphatic rings. The average Bonchev–Trinajstić information content (AvgIpc) is 3.82. The molecule has 1 spiro atoms. The number of hydrogen-bond donors (Lipinski definition) is 4. The van der Waals surface area contributed by atoms with Crippen molar-refractivity contribution in [3.8, 4) is 11.3 Å². The first-order valence-electron chi connectivity index (χ1n) is 18.5. The minimum absolute atomic E-state index is 0.0770. The molecule has 0 saturated carbocycles. The van der Waals surface area contributed by atoms with E-state index in [1.165, 1.54) is 16.7 Å². The van der Waals surface area contributed by atoms with Crippen LogP contribution in [0.5, 0.6) is 0 Å². The minimum atomic E-state index is -0.550. The molecule has 2 aromatic heterocycles. The second-order valence-corrected chi connectivity index (χ2v) is 15.2. The van der Waals surface area contributed by atoms with Crippen LogP contribution in [-0.2, 0) is 11.2 Å². The number of nitrogens with one attached hydrogen (secondary N) is 3. The molecular weight excluding hydrogens is 722 g/mol. The van der Waals surface area contributed by atoms with Crippen LogP contribution < -0.4 is 36.5 Å². The van der Waals surface area contributed by atoms with Crippen LogP contribution in [0.15, 0.2) is 67.0 Å². The largest absolute Gasteiger partial charge is 0.385 e. The molecule has 282 valence electrons. The Bertz CT molecular complexity index is 2270. The van der Waals surface area contributed by atoms with Crippen molar-refractivity contribution in [1.29, 1.82) is 0 Å². The lowest BCUT2D eigenvalue weighted by molar-refractivity contribution is -0.120. The molecule has 5 aliphatic heterocycles. The van der Waals surface area contributed by atoms with Crippen LogP contribution >= 0.6 is 11.6 Å². The zero-order chi connectivity index (χ0) is 38.0. The molecule has 7 heterocycles. The van der Waals surface area contributed by atoms with Gasteiger partial charge in [0.25, 0.3) is 11.8 Å². The van der Waals surface area contributed by atoms with Crippen molar-refractivity contribution in [1.82, 2.24) is 30.2 Å². The highest BCUT2D eigenvalue weighted by molar-refractivity contribution is 6.34. The normalized spacial score (nSPS) is 20.0. The molecule has 3 saturated heterocycles. The van der Waals surface area contributed by atoms with E-state index < -0.39 is 11.9 Å². The first kappa shape index (κ1) is 34.7. The number of aromatic nitrogens is 3. The van der Waals surface area contributed by atoms with Gasteiger partial charge in [0.1, 0.15) is 11.9 Å². The molecule has 0 bridgehead atoms. The second-order valence-electron chi connectivity index (χ2n) is 14.8. The summed E-state index contributed by atoms with van der Waals surface area (Å²) in [5.74, 6) is -0.335. The van der Waals surface area contributed by atoms with Crippen molar-refractivity contribution in [2.24, 2.45) is 11.1 Å². The van der Waals surface area contributed by atoms with Crippen LogP contribution in [0.25, 0.3) is 17.0 Å². The number of hydrogen-bond acceptors (Lipinski definition) is 10. The molecule has 5 N–H and O–H groups in total. The summed E-state index contributed by atoms with van der Waals surface area (Å²) >= 11 is 6.52. The standard InChI is InChI=1S/C39H40ClN11O4/c1-42-29-18-33(46-51-32(35(41)53)20-44-36(29)51)49-13-9-26-25(3-2-4-30(26)49)28-7-6-24(19-43-28)48-21-39(22-48)11-15-47(16-12-39)37(54)23-5-8-31(27(40)17-23)50-14-10-34(52)45-38(50)55/h2-8,17-20,33,42,46H,9-16,21-22H2,1H3,(H2,41,53)(H,45,52,55). The van der Waals surface area contributed by atoms with E-state index in [0.29, 0.717) is 40.9 Å². The molecule has 1 unspecified atom stereocenters. The number of amides is 5.